The van der Waals surface area contributed by atoms with E-state index in [1.807, 2.05) is 36.4 Å². The van der Waals surface area contributed by atoms with Crippen LogP contribution in [0.3, 0.4) is 0 Å². The molecule has 2 aromatic rings. The van der Waals surface area contributed by atoms with Gasteiger partial charge in [0.15, 0.2) is 0 Å². The van der Waals surface area contributed by atoms with E-state index in [1.165, 1.54) is 6.92 Å². The van der Waals surface area contributed by atoms with Crippen LogP contribution in [-0.4, -0.2) is 24.1 Å². The van der Waals surface area contributed by atoms with Crippen molar-refractivity contribution in [3.63, 3.8) is 0 Å². The van der Waals surface area contributed by atoms with Gasteiger partial charge in [-0.05, 0) is 24.3 Å². The zero-order chi connectivity index (χ0) is 14.4. The maximum atomic E-state index is 11.0. The molecular weight excluding hydrogens is 252 g/mol. The number of para-hydroxylation sites is 1. The molecule has 0 spiro atoms. The summed E-state index contributed by atoms with van der Waals surface area (Å²) in [7, 11) is 0. The predicted octanol–water partition coefficient (Wildman–Crippen LogP) is 2.67. The van der Waals surface area contributed by atoms with Crippen molar-refractivity contribution in [1.29, 1.82) is 0 Å². The van der Waals surface area contributed by atoms with Gasteiger partial charge in [-0.3, -0.25) is 4.79 Å². The van der Waals surface area contributed by atoms with E-state index in [0.29, 0.717) is 13.1 Å². The number of benzene rings is 2. The van der Waals surface area contributed by atoms with Gasteiger partial charge in [0.05, 0.1) is 0 Å². The molecule has 0 bridgehead atoms. The Hall–Kier alpha value is -2.49. The van der Waals surface area contributed by atoms with Gasteiger partial charge in [-0.1, -0.05) is 24.3 Å². The maximum Gasteiger partial charge on any atom is 0.216 e. The van der Waals surface area contributed by atoms with Gasteiger partial charge in [-0.2, -0.15) is 0 Å². The Kier molecular flexibility index (Phi) is 4.60. The predicted molar refractivity (Wildman–Crippen MR) is 80.2 cm³/mol. The van der Waals surface area contributed by atoms with Gasteiger partial charge in [0.25, 0.3) is 0 Å². The normalized spacial score (nSPS) is 10.1. The molecule has 0 saturated heterocycles. The highest BCUT2D eigenvalue weighted by Gasteiger charge is 2.09. The van der Waals surface area contributed by atoms with Crippen LogP contribution in [0.25, 0.3) is 0 Å². The van der Waals surface area contributed by atoms with Crippen molar-refractivity contribution in [3.05, 3.63) is 54.6 Å². The highest BCUT2D eigenvalue weighted by molar-refractivity contribution is 5.73. The first-order valence-corrected chi connectivity index (χ1v) is 6.53. The minimum atomic E-state index is -0.0473. The molecule has 0 saturated carbocycles. The van der Waals surface area contributed by atoms with Gasteiger partial charge in [-0.25, -0.2) is 0 Å². The number of carbonyl (C=O) groups excluding carboxylic acids is 1. The first-order valence-electron chi connectivity index (χ1n) is 6.53. The van der Waals surface area contributed by atoms with Crippen molar-refractivity contribution in [2.45, 2.75) is 6.92 Å². The highest BCUT2D eigenvalue weighted by atomic mass is 16.3. The summed E-state index contributed by atoms with van der Waals surface area (Å²) >= 11 is 0. The summed E-state index contributed by atoms with van der Waals surface area (Å²) in [5.41, 5.74) is 1.91. The molecule has 4 heteroatoms. The lowest BCUT2D eigenvalue weighted by atomic mass is 10.2. The minimum Gasteiger partial charge on any atom is -0.508 e. The highest BCUT2D eigenvalue weighted by Crippen LogP contribution is 2.27. The molecule has 0 fully saturated rings. The summed E-state index contributed by atoms with van der Waals surface area (Å²) in [5.74, 6) is 0.178. The van der Waals surface area contributed by atoms with Crippen LogP contribution < -0.4 is 10.2 Å². The Morgan fingerprint density at radius 3 is 2.45 bits per heavy atom. The molecule has 0 unspecified atom stereocenters. The number of amides is 1. The fourth-order valence-corrected chi connectivity index (χ4v) is 2.02. The fraction of sp³-hybridized carbons (Fsp3) is 0.188. The van der Waals surface area contributed by atoms with Crippen LogP contribution in [-0.2, 0) is 4.79 Å². The first kappa shape index (κ1) is 13.9. The summed E-state index contributed by atoms with van der Waals surface area (Å²) < 4.78 is 0. The third-order valence-corrected chi connectivity index (χ3v) is 2.92. The maximum absolute atomic E-state index is 11.0. The first-order chi connectivity index (χ1) is 9.66. The van der Waals surface area contributed by atoms with Crippen molar-refractivity contribution in [1.82, 2.24) is 5.32 Å². The molecular formula is C16H18N2O2. The number of aromatic hydroxyl groups is 1. The van der Waals surface area contributed by atoms with Gasteiger partial charge in [0.1, 0.15) is 5.75 Å². The van der Waals surface area contributed by atoms with Crippen molar-refractivity contribution < 1.29 is 9.90 Å². The third-order valence-electron chi connectivity index (χ3n) is 2.92. The smallest absolute Gasteiger partial charge is 0.216 e. The van der Waals surface area contributed by atoms with Crippen molar-refractivity contribution in [2.24, 2.45) is 0 Å². The zero-order valence-corrected chi connectivity index (χ0v) is 11.4. The van der Waals surface area contributed by atoms with Gasteiger partial charge >= 0.3 is 0 Å². The van der Waals surface area contributed by atoms with E-state index >= 15 is 0 Å². The SMILES string of the molecule is CC(=O)NCCN(c1ccccc1)c1cccc(O)c1. The molecule has 0 atom stereocenters. The molecule has 2 N–H and O–H groups in total. The second-order valence-corrected chi connectivity index (χ2v) is 4.49. The molecule has 0 heterocycles. The van der Waals surface area contributed by atoms with Crippen LogP contribution in [0, 0.1) is 0 Å². The lowest BCUT2D eigenvalue weighted by molar-refractivity contribution is -0.118. The van der Waals surface area contributed by atoms with Crippen molar-refractivity contribution >= 4 is 17.3 Å². The standard InChI is InChI=1S/C16H18N2O2/c1-13(19)17-10-11-18(14-6-3-2-4-7-14)15-8-5-9-16(20)12-15/h2-9,12,20H,10-11H2,1H3,(H,17,19). The monoisotopic (exact) mass is 270 g/mol. The van der Waals surface area contributed by atoms with Gasteiger partial charge in [0.2, 0.25) is 5.91 Å². The van der Waals surface area contributed by atoms with E-state index in [2.05, 4.69) is 10.2 Å². The number of hydrogen-bond donors (Lipinski definition) is 2. The Bertz CT molecular complexity index is 570. The van der Waals surface area contributed by atoms with Crippen molar-refractivity contribution in [2.75, 3.05) is 18.0 Å². The Balaban J connectivity index is 2.22. The molecule has 1 amide bonds. The van der Waals surface area contributed by atoms with Gasteiger partial charge in [-0.15, -0.1) is 0 Å². The lowest BCUT2D eigenvalue weighted by Crippen LogP contribution is -2.31. The van der Waals surface area contributed by atoms with Crippen LogP contribution in [0.2, 0.25) is 0 Å². The summed E-state index contributed by atoms with van der Waals surface area (Å²) in [6.45, 7) is 2.67. The molecule has 0 aliphatic carbocycles. The average molecular weight is 270 g/mol. The topological polar surface area (TPSA) is 52.6 Å². The Labute approximate surface area is 118 Å². The van der Waals surface area contributed by atoms with Crippen LogP contribution >= 0.6 is 0 Å². The second kappa shape index (κ2) is 6.61. The number of anilines is 2. The molecule has 4 nitrogen and oxygen atoms in total. The lowest BCUT2D eigenvalue weighted by Gasteiger charge is -2.25. The number of phenols is 1. The van der Waals surface area contributed by atoms with Gasteiger partial charge in [0, 0.05) is 37.5 Å². The molecule has 0 radical (unpaired) electrons. The molecule has 0 aliphatic heterocycles. The summed E-state index contributed by atoms with van der Waals surface area (Å²) in [4.78, 5) is 13.0. The van der Waals surface area contributed by atoms with E-state index in [-0.39, 0.29) is 11.7 Å². The summed E-state index contributed by atoms with van der Waals surface area (Å²) in [6, 6.07) is 17.0. The van der Waals surface area contributed by atoms with Crippen LogP contribution in [0.5, 0.6) is 5.75 Å². The molecule has 20 heavy (non-hydrogen) atoms. The average Bonchev–Trinajstić information content (AvgIpc) is 2.44. The summed E-state index contributed by atoms with van der Waals surface area (Å²) in [6.07, 6.45) is 0. The van der Waals surface area contributed by atoms with Crippen LogP contribution in [0.15, 0.2) is 54.6 Å². The Morgan fingerprint density at radius 2 is 1.80 bits per heavy atom. The van der Waals surface area contributed by atoms with Crippen molar-refractivity contribution in [3.8, 4) is 5.75 Å². The van der Waals surface area contributed by atoms with E-state index in [0.717, 1.165) is 11.4 Å². The van der Waals surface area contributed by atoms with Crippen LogP contribution in [0.4, 0.5) is 11.4 Å². The largest absolute Gasteiger partial charge is 0.508 e. The molecule has 2 rings (SSSR count). The number of nitrogens with one attached hydrogen (secondary N) is 1. The number of carbonyl (C=O) groups is 1. The third kappa shape index (κ3) is 3.75. The zero-order valence-electron chi connectivity index (χ0n) is 11.4. The molecule has 0 aliphatic rings. The van der Waals surface area contributed by atoms with E-state index in [1.54, 1.807) is 18.2 Å². The molecule has 2 aromatic carbocycles. The number of nitrogens with zero attached hydrogens (tertiary/aromatic N) is 1. The van der Waals surface area contributed by atoms with Gasteiger partial charge < -0.3 is 15.3 Å². The van der Waals surface area contributed by atoms with E-state index in [4.69, 9.17) is 0 Å². The Morgan fingerprint density at radius 1 is 1.10 bits per heavy atom. The fourth-order valence-electron chi connectivity index (χ4n) is 2.02. The van der Waals surface area contributed by atoms with E-state index in [9.17, 15) is 9.90 Å². The summed E-state index contributed by atoms with van der Waals surface area (Å²) in [5, 5.41) is 12.4. The van der Waals surface area contributed by atoms with E-state index < -0.39 is 0 Å². The minimum absolute atomic E-state index is 0.0473. The quantitative estimate of drug-likeness (QED) is 0.878. The number of phenolic OH excluding ortho intramolecular Hbond substituents is 1. The number of rotatable bonds is 5. The van der Waals surface area contributed by atoms with Crippen LogP contribution in [0.1, 0.15) is 6.92 Å². The second-order valence-electron chi connectivity index (χ2n) is 4.49. The molecule has 104 valence electrons. The number of hydrogen-bond acceptors (Lipinski definition) is 3. The molecule has 0 aromatic heterocycles.